The average molecular weight is 423 g/mol. The predicted molar refractivity (Wildman–Crippen MR) is 116 cm³/mol. The molecule has 0 amide bonds. The third kappa shape index (κ3) is 4.20. The maximum absolute atomic E-state index is 12.7. The summed E-state index contributed by atoms with van der Waals surface area (Å²) >= 11 is 9.60. The Morgan fingerprint density at radius 1 is 1.31 bits per heavy atom. The Morgan fingerprint density at radius 3 is 2.73 bits per heavy atom. The molecule has 9 heteroatoms. The first-order valence-corrected chi connectivity index (χ1v) is 10.7. The number of fused-ring (bicyclic) bond motifs is 1. The highest BCUT2D eigenvalue weighted by molar-refractivity contribution is 8.44. The van der Waals surface area contributed by atoms with E-state index in [0.29, 0.717) is 19.6 Å². The summed E-state index contributed by atoms with van der Waals surface area (Å²) in [5, 5.41) is 16.7. The van der Waals surface area contributed by atoms with Crippen LogP contribution in [0.15, 0.2) is 41.5 Å². The van der Waals surface area contributed by atoms with Gasteiger partial charge in [0, 0.05) is 9.90 Å². The van der Waals surface area contributed by atoms with Gasteiger partial charge >= 0.3 is 0 Å². The lowest BCUT2D eigenvalue weighted by Crippen LogP contribution is -2.24. The van der Waals surface area contributed by atoms with Gasteiger partial charge in [0.15, 0.2) is 5.17 Å². The van der Waals surface area contributed by atoms with Crippen molar-refractivity contribution in [1.29, 1.82) is 10.8 Å². The summed E-state index contributed by atoms with van der Waals surface area (Å²) in [6.45, 7) is 2.04. The van der Waals surface area contributed by atoms with Crippen molar-refractivity contribution in [2.24, 2.45) is 0 Å². The molecule has 0 aliphatic rings. The number of hydrogen-bond acceptors (Lipinski definition) is 7. The highest BCUT2D eigenvalue weighted by Crippen LogP contribution is 2.31. The summed E-state index contributed by atoms with van der Waals surface area (Å²) in [6.07, 6.45) is 2.31. The molecule has 0 aliphatic carbocycles. The zero-order valence-electron chi connectivity index (χ0n) is 13.8. The number of thiophene rings is 1. The molecule has 5 nitrogen and oxygen atoms in total. The molecule has 26 heavy (non-hydrogen) atoms. The highest BCUT2D eigenvalue weighted by atomic mass is 35.5. The number of halogens is 1. The first-order chi connectivity index (χ1) is 12.5. The van der Waals surface area contributed by atoms with Crippen molar-refractivity contribution in [1.82, 2.24) is 9.55 Å². The summed E-state index contributed by atoms with van der Waals surface area (Å²) in [5.74, 6) is 0.820. The monoisotopic (exact) mass is 422 g/mol. The van der Waals surface area contributed by atoms with Gasteiger partial charge in [-0.2, -0.15) is 0 Å². The van der Waals surface area contributed by atoms with Gasteiger partial charge < -0.3 is 0 Å². The van der Waals surface area contributed by atoms with Crippen molar-refractivity contribution in [3.8, 4) is 10.4 Å². The standard InChI is InChI=1S/C17H15ClN4OS3/c1-2-7-24-17(20)26-16(19)22-9-21-12-8-13(25-14(12)15(22)23)10-3-5-11(18)6-4-10/h3-6,8-9,19-20H,2,7H2,1H3. The minimum absolute atomic E-state index is 0.0144. The van der Waals surface area contributed by atoms with Gasteiger partial charge in [0.25, 0.3) is 5.56 Å². The summed E-state index contributed by atoms with van der Waals surface area (Å²) < 4.78 is 1.99. The lowest BCUT2D eigenvalue weighted by Gasteiger charge is -2.06. The SMILES string of the molecule is CCCSC(=N)SC(=N)n1cnc2cc(-c3ccc(Cl)cc3)sc2c1=O. The van der Waals surface area contributed by atoms with Gasteiger partial charge in [-0.3, -0.25) is 15.6 Å². The number of rotatable bonds is 3. The molecule has 1 aromatic carbocycles. The largest absolute Gasteiger partial charge is 0.288 e. The van der Waals surface area contributed by atoms with Gasteiger partial charge in [-0.15, -0.1) is 11.3 Å². The molecule has 0 saturated heterocycles. The molecular weight excluding hydrogens is 408 g/mol. The fourth-order valence-corrected chi connectivity index (χ4v) is 4.86. The van der Waals surface area contributed by atoms with Gasteiger partial charge in [-0.1, -0.05) is 42.4 Å². The van der Waals surface area contributed by atoms with Gasteiger partial charge in [0.05, 0.1) is 5.52 Å². The summed E-state index contributed by atoms with van der Waals surface area (Å²) in [5.41, 5.74) is 1.28. The lowest BCUT2D eigenvalue weighted by atomic mass is 10.2. The van der Waals surface area contributed by atoms with Crippen LogP contribution < -0.4 is 5.56 Å². The molecule has 0 radical (unpaired) electrons. The maximum atomic E-state index is 12.7. The van der Waals surface area contributed by atoms with Crippen molar-refractivity contribution < 1.29 is 0 Å². The van der Waals surface area contributed by atoms with Gasteiger partial charge in [0.2, 0.25) is 0 Å². The van der Waals surface area contributed by atoms with Crippen LogP contribution in [0.3, 0.4) is 0 Å². The Bertz CT molecular complexity index is 1030. The number of benzene rings is 1. The van der Waals surface area contributed by atoms with E-state index in [1.807, 2.05) is 25.1 Å². The van der Waals surface area contributed by atoms with Crippen LogP contribution in [-0.2, 0) is 0 Å². The van der Waals surface area contributed by atoms with Crippen LogP contribution in [0.4, 0.5) is 0 Å². The Labute approximate surface area is 167 Å². The van der Waals surface area contributed by atoms with Crippen LogP contribution in [0.1, 0.15) is 13.3 Å². The zero-order chi connectivity index (χ0) is 18.7. The molecule has 2 heterocycles. The normalized spacial score (nSPS) is 11.0. The van der Waals surface area contributed by atoms with Crippen LogP contribution in [0.2, 0.25) is 5.02 Å². The van der Waals surface area contributed by atoms with Crippen LogP contribution in [-0.4, -0.2) is 24.8 Å². The molecule has 3 rings (SSSR count). The zero-order valence-corrected chi connectivity index (χ0v) is 17.0. The summed E-state index contributed by atoms with van der Waals surface area (Å²) in [4.78, 5) is 18.0. The van der Waals surface area contributed by atoms with Gasteiger partial charge in [-0.25, -0.2) is 9.55 Å². The van der Waals surface area contributed by atoms with Crippen molar-refractivity contribution in [2.75, 3.05) is 5.75 Å². The molecule has 0 saturated carbocycles. The van der Waals surface area contributed by atoms with E-state index >= 15 is 0 Å². The number of hydrogen-bond donors (Lipinski definition) is 2. The van der Waals surface area contributed by atoms with Crippen molar-refractivity contribution in [3.05, 3.63) is 52.0 Å². The second-order valence-electron chi connectivity index (χ2n) is 5.29. The third-order valence-electron chi connectivity index (χ3n) is 3.41. The minimum Gasteiger partial charge on any atom is -0.288 e. The quantitative estimate of drug-likeness (QED) is 0.439. The van der Waals surface area contributed by atoms with Crippen molar-refractivity contribution in [2.45, 2.75) is 13.3 Å². The fraction of sp³-hybridized carbons (Fsp3) is 0.176. The summed E-state index contributed by atoms with van der Waals surface area (Å²) in [7, 11) is 0. The number of thioether (sulfide) groups is 2. The Kier molecular flexibility index (Phi) is 6.18. The van der Waals surface area contributed by atoms with Crippen molar-refractivity contribution in [3.63, 3.8) is 0 Å². The molecule has 0 fully saturated rings. The number of aromatic nitrogens is 2. The van der Waals surface area contributed by atoms with E-state index in [0.717, 1.165) is 34.4 Å². The molecule has 0 atom stereocenters. The Balaban J connectivity index is 1.91. The molecule has 2 aromatic heterocycles. The smallest absolute Gasteiger partial charge is 0.277 e. The predicted octanol–water partition coefficient (Wildman–Crippen LogP) is 5.37. The minimum atomic E-state index is -0.286. The molecule has 134 valence electrons. The fourth-order valence-electron chi connectivity index (χ4n) is 2.17. The summed E-state index contributed by atoms with van der Waals surface area (Å²) in [6, 6.07) is 9.27. The lowest BCUT2D eigenvalue weighted by molar-refractivity contribution is 1.03. The highest BCUT2D eigenvalue weighted by Gasteiger charge is 2.14. The molecule has 3 aromatic rings. The van der Waals surface area contributed by atoms with Crippen LogP contribution in [0.25, 0.3) is 20.7 Å². The first-order valence-electron chi connectivity index (χ1n) is 7.75. The molecule has 0 unspecified atom stereocenters. The molecule has 0 bridgehead atoms. The van der Waals surface area contributed by atoms with E-state index in [4.69, 9.17) is 22.4 Å². The van der Waals surface area contributed by atoms with E-state index in [9.17, 15) is 4.79 Å². The van der Waals surface area contributed by atoms with E-state index in [1.54, 1.807) is 12.1 Å². The maximum Gasteiger partial charge on any atom is 0.277 e. The van der Waals surface area contributed by atoms with Gasteiger partial charge in [0.1, 0.15) is 15.4 Å². The number of nitrogens with zero attached hydrogens (tertiary/aromatic N) is 2. The van der Waals surface area contributed by atoms with E-state index < -0.39 is 0 Å². The topological polar surface area (TPSA) is 82.6 Å². The first kappa shape index (κ1) is 19.2. The molecule has 2 N–H and O–H groups in total. The van der Waals surface area contributed by atoms with E-state index in [1.165, 1.54) is 34.0 Å². The van der Waals surface area contributed by atoms with Crippen LogP contribution in [0.5, 0.6) is 0 Å². The second kappa shape index (κ2) is 8.39. The van der Waals surface area contributed by atoms with Crippen molar-refractivity contribution >= 4 is 66.2 Å². The Morgan fingerprint density at radius 2 is 2.04 bits per heavy atom. The molecule has 0 aliphatic heterocycles. The Hall–Kier alpha value is -1.61. The van der Waals surface area contributed by atoms with Crippen LogP contribution in [0, 0.1) is 10.8 Å². The second-order valence-corrected chi connectivity index (χ2v) is 9.15. The molecular formula is C17H15ClN4OS3. The average Bonchev–Trinajstić information content (AvgIpc) is 3.06. The number of nitrogens with one attached hydrogen (secondary N) is 2. The van der Waals surface area contributed by atoms with E-state index in [2.05, 4.69) is 4.98 Å². The van der Waals surface area contributed by atoms with E-state index in [-0.39, 0.29) is 10.7 Å². The van der Waals surface area contributed by atoms with Gasteiger partial charge in [-0.05, 0) is 47.7 Å². The molecule has 0 spiro atoms. The van der Waals surface area contributed by atoms with Crippen LogP contribution >= 0.6 is 46.5 Å². The third-order valence-corrected chi connectivity index (χ3v) is 6.88.